The molecule has 0 N–H and O–H groups in total. The van der Waals surface area contributed by atoms with Gasteiger partial charge >= 0.3 is 12.1 Å². The summed E-state index contributed by atoms with van der Waals surface area (Å²) in [6, 6.07) is 1.52. The summed E-state index contributed by atoms with van der Waals surface area (Å²) in [5.41, 5.74) is 0.747. The Hall–Kier alpha value is -2.58. The van der Waals surface area contributed by atoms with E-state index in [0.717, 1.165) is 12.4 Å². The van der Waals surface area contributed by atoms with Crippen molar-refractivity contribution in [2.45, 2.75) is 52.1 Å². The molecule has 0 fully saturated rings. The summed E-state index contributed by atoms with van der Waals surface area (Å²) in [4.78, 5) is 22.5. The van der Waals surface area contributed by atoms with Gasteiger partial charge in [-0.3, -0.25) is 9.78 Å². The molecule has 0 atom stereocenters. The Bertz CT molecular complexity index is 800. The van der Waals surface area contributed by atoms with Gasteiger partial charge in [-0.1, -0.05) is 0 Å². The van der Waals surface area contributed by atoms with Crippen molar-refractivity contribution in [2.75, 3.05) is 0 Å². The summed E-state index contributed by atoms with van der Waals surface area (Å²) in [5, 5.41) is 0. The Morgan fingerprint density at radius 3 is 2.19 bits per heavy atom. The fourth-order valence-electron chi connectivity index (χ4n) is 2.27. The highest BCUT2D eigenvalue weighted by atomic mass is 19.4. The molecular weight excluding hydrogens is 366 g/mol. The van der Waals surface area contributed by atoms with E-state index in [0.29, 0.717) is 16.8 Å². The number of alkyl halides is 4. The van der Waals surface area contributed by atoms with E-state index in [1.165, 1.54) is 12.3 Å². The lowest BCUT2D eigenvalue weighted by atomic mass is 10.0. The van der Waals surface area contributed by atoms with Crippen LogP contribution in [-0.4, -0.2) is 26.5 Å². The fourth-order valence-corrected chi connectivity index (χ4v) is 2.27. The van der Waals surface area contributed by atoms with Crippen LogP contribution in [0.2, 0.25) is 0 Å². The minimum absolute atomic E-state index is 0.0389. The zero-order chi connectivity index (χ0) is 20.2. The highest BCUT2D eigenvalue weighted by Gasteiger charge is 2.34. The lowest BCUT2D eigenvalue weighted by Crippen LogP contribution is -2.24. The van der Waals surface area contributed by atoms with Gasteiger partial charge in [-0.25, -0.2) is 14.4 Å². The topological polar surface area (TPSA) is 65.0 Å². The van der Waals surface area contributed by atoms with E-state index in [1.54, 1.807) is 20.8 Å². The van der Waals surface area contributed by atoms with Crippen molar-refractivity contribution in [3.8, 4) is 11.3 Å². The molecule has 0 aliphatic rings. The lowest BCUT2D eigenvalue weighted by Gasteiger charge is -2.19. The van der Waals surface area contributed by atoms with Crippen LogP contribution in [-0.2, 0) is 28.8 Å². The lowest BCUT2D eigenvalue weighted by molar-refractivity contribution is -0.154. The predicted molar refractivity (Wildman–Crippen MR) is 89.2 cm³/mol. The fraction of sp³-hybridized carbons (Fsp3) is 0.444. The van der Waals surface area contributed by atoms with Crippen molar-refractivity contribution < 1.29 is 27.1 Å². The van der Waals surface area contributed by atoms with Gasteiger partial charge in [-0.15, -0.1) is 0 Å². The average Bonchev–Trinajstić information content (AvgIpc) is 2.57. The third kappa shape index (κ3) is 5.97. The molecule has 2 rings (SSSR count). The van der Waals surface area contributed by atoms with E-state index in [1.807, 2.05) is 0 Å². The highest BCUT2D eigenvalue weighted by Crippen LogP contribution is 2.27. The monoisotopic (exact) mass is 385 g/mol. The largest absolute Gasteiger partial charge is 0.460 e. The van der Waals surface area contributed by atoms with Gasteiger partial charge in [0.15, 0.2) is 0 Å². The van der Waals surface area contributed by atoms with Crippen LogP contribution in [0.15, 0.2) is 24.7 Å². The number of carbonyl (C=O) groups excluding carboxylic acids is 1. The van der Waals surface area contributed by atoms with Gasteiger partial charge in [-0.05, 0) is 38.8 Å². The quantitative estimate of drug-likeness (QED) is 0.567. The maximum atomic E-state index is 13.2. The molecule has 0 aliphatic carbocycles. The van der Waals surface area contributed by atoms with E-state index < -0.39 is 30.2 Å². The normalized spacial score (nSPS) is 12.1. The molecule has 2 aromatic heterocycles. The molecule has 0 saturated carbocycles. The maximum Gasteiger partial charge on any atom is 0.451 e. The zero-order valence-electron chi connectivity index (χ0n) is 15.1. The van der Waals surface area contributed by atoms with Crippen LogP contribution in [0.3, 0.4) is 0 Å². The van der Waals surface area contributed by atoms with Crippen LogP contribution in [0.5, 0.6) is 0 Å². The van der Waals surface area contributed by atoms with Crippen LogP contribution in [0, 0.1) is 0 Å². The molecule has 2 heterocycles. The molecule has 0 aromatic carbocycles. The summed E-state index contributed by atoms with van der Waals surface area (Å²) < 4.78 is 56.1. The number of carbonyl (C=O) groups is 1. The van der Waals surface area contributed by atoms with Gasteiger partial charge in [0.05, 0.1) is 5.69 Å². The second kappa shape index (κ2) is 7.98. The van der Waals surface area contributed by atoms with Gasteiger partial charge in [0.25, 0.3) is 0 Å². The van der Waals surface area contributed by atoms with Crippen molar-refractivity contribution in [3.63, 3.8) is 0 Å². The van der Waals surface area contributed by atoms with Crippen molar-refractivity contribution in [3.05, 3.63) is 41.6 Å². The summed E-state index contributed by atoms with van der Waals surface area (Å²) >= 11 is 0. The molecule has 0 bridgehead atoms. The number of esters is 1. The first-order valence-corrected chi connectivity index (χ1v) is 8.15. The number of ether oxygens (including phenoxy) is 1. The van der Waals surface area contributed by atoms with Gasteiger partial charge in [0.2, 0.25) is 5.82 Å². The molecule has 2 aromatic rings. The van der Waals surface area contributed by atoms with E-state index >= 15 is 0 Å². The summed E-state index contributed by atoms with van der Waals surface area (Å²) in [5.74, 6) is -1.68. The number of hydrogen-bond acceptors (Lipinski definition) is 5. The van der Waals surface area contributed by atoms with Crippen molar-refractivity contribution in [1.29, 1.82) is 0 Å². The first kappa shape index (κ1) is 20.7. The molecule has 0 amide bonds. The zero-order valence-corrected chi connectivity index (χ0v) is 15.1. The second-order valence-electron chi connectivity index (χ2n) is 6.85. The van der Waals surface area contributed by atoms with Crippen molar-refractivity contribution in [2.24, 2.45) is 0 Å². The molecule has 0 radical (unpaired) electrons. The first-order chi connectivity index (χ1) is 12.5. The van der Waals surface area contributed by atoms with Gasteiger partial charge in [0.1, 0.15) is 12.3 Å². The Labute approximate surface area is 153 Å². The van der Waals surface area contributed by atoms with Crippen LogP contribution in [0.25, 0.3) is 11.3 Å². The molecule has 5 nitrogen and oxygen atoms in total. The smallest absolute Gasteiger partial charge is 0.451 e. The second-order valence-corrected chi connectivity index (χ2v) is 6.85. The molecule has 146 valence electrons. The summed E-state index contributed by atoms with van der Waals surface area (Å²) in [6.45, 7) is 4.45. The molecule has 9 heteroatoms. The van der Waals surface area contributed by atoms with E-state index in [9.17, 15) is 22.4 Å². The van der Waals surface area contributed by atoms with Crippen LogP contribution < -0.4 is 0 Å². The Morgan fingerprint density at radius 2 is 1.67 bits per heavy atom. The Morgan fingerprint density at radius 1 is 1.04 bits per heavy atom. The first-order valence-electron chi connectivity index (χ1n) is 8.15. The molecular formula is C18H19F4N3O2. The standard InChI is InChI=1S/C18H19F4N3O2/c1-17(2,3)27-15(26)5-4-11-6-14(23-8-12(11)7-19)13-9-24-16(25-10-13)18(20,21)22/h6,8-10H,4-5,7H2,1-3H3. The van der Waals surface area contributed by atoms with Crippen molar-refractivity contribution in [1.82, 2.24) is 15.0 Å². The number of rotatable bonds is 5. The summed E-state index contributed by atoms with van der Waals surface area (Å²) in [7, 11) is 0. The number of nitrogens with zero attached hydrogens (tertiary/aromatic N) is 3. The van der Waals surface area contributed by atoms with Crippen LogP contribution >= 0.6 is 0 Å². The van der Waals surface area contributed by atoms with Crippen LogP contribution in [0.1, 0.15) is 44.1 Å². The minimum atomic E-state index is -4.64. The highest BCUT2D eigenvalue weighted by molar-refractivity contribution is 5.70. The number of aromatic nitrogens is 3. The van der Waals surface area contributed by atoms with E-state index in [-0.39, 0.29) is 18.4 Å². The van der Waals surface area contributed by atoms with E-state index in [2.05, 4.69) is 15.0 Å². The minimum Gasteiger partial charge on any atom is -0.460 e. The number of pyridine rings is 1. The van der Waals surface area contributed by atoms with Gasteiger partial charge in [0, 0.05) is 36.1 Å². The molecule has 0 saturated heterocycles. The Balaban J connectivity index is 2.20. The number of hydrogen-bond donors (Lipinski definition) is 0. The average molecular weight is 385 g/mol. The summed E-state index contributed by atoms with van der Waals surface area (Å²) in [6.07, 6.45) is -1.09. The molecule has 27 heavy (non-hydrogen) atoms. The van der Waals surface area contributed by atoms with Crippen molar-refractivity contribution >= 4 is 5.97 Å². The maximum absolute atomic E-state index is 13.2. The Kier molecular flexibility index (Phi) is 6.12. The van der Waals surface area contributed by atoms with E-state index in [4.69, 9.17) is 4.74 Å². The predicted octanol–water partition coefficient (Wildman–Crippen LogP) is 4.30. The molecule has 0 aliphatic heterocycles. The van der Waals surface area contributed by atoms with Gasteiger partial charge < -0.3 is 4.74 Å². The third-order valence-electron chi connectivity index (χ3n) is 3.45. The molecule has 0 spiro atoms. The SMILES string of the molecule is CC(C)(C)OC(=O)CCc1cc(-c2cnc(C(F)(F)F)nc2)ncc1CF. The molecule has 0 unspecified atom stereocenters. The van der Waals surface area contributed by atoms with Crippen LogP contribution in [0.4, 0.5) is 17.6 Å². The third-order valence-corrected chi connectivity index (χ3v) is 3.45. The van der Waals surface area contributed by atoms with Gasteiger partial charge in [-0.2, -0.15) is 13.2 Å². The number of halogens is 4. The number of aryl methyl sites for hydroxylation is 1.